The zero-order valence-electron chi connectivity index (χ0n) is 18.0. The Bertz CT molecular complexity index is 1420. The van der Waals surface area contributed by atoms with E-state index in [2.05, 4.69) is 21.7 Å². The van der Waals surface area contributed by atoms with Gasteiger partial charge in [-0.15, -0.1) is 22.7 Å². The van der Waals surface area contributed by atoms with E-state index in [0.29, 0.717) is 34.6 Å². The Balaban J connectivity index is 1.26. The van der Waals surface area contributed by atoms with Gasteiger partial charge in [-0.25, -0.2) is 4.98 Å². The Labute approximate surface area is 198 Å². The van der Waals surface area contributed by atoms with E-state index in [9.17, 15) is 14.4 Å². The molecule has 0 spiro atoms. The van der Waals surface area contributed by atoms with E-state index in [0.717, 1.165) is 12.0 Å². The molecule has 5 rings (SSSR count). The molecule has 9 heteroatoms. The zero-order valence-corrected chi connectivity index (χ0v) is 19.7. The maximum Gasteiger partial charge on any atom is 0.262 e. The number of aryl methyl sites for hydroxylation is 1. The number of benzene rings is 1. The summed E-state index contributed by atoms with van der Waals surface area (Å²) >= 11 is 3.16. The molecule has 168 valence electrons. The fraction of sp³-hybridized carbons (Fsp3) is 0.250. The van der Waals surface area contributed by atoms with Crippen molar-refractivity contribution in [3.63, 3.8) is 0 Å². The van der Waals surface area contributed by atoms with Gasteiger partial charge in [0.25, 0.3) is 11.5 Å². The van der Waals surface area contributed by atoms with Crippen molar-refractivity contribution in [3.05, 3.63) is 79.3 Å². The first-order valence-corrected chi connectivity index (χ1v) is 12.4. The molecule has 33 heavy (non-hydrogen) atoms. The van der Waals surface area contributed by atoms with Gasteiger partial charge in [0.2, 0.25) is 5.91 Å². The number of anilines is 1. The van der Waals surface area contributed by atoms with Gasteiger partial charge in [0.1, 0.15) is 4.83 Å². The topological polar surface area (TPSA) is 84.3 Å². The number of amides is 2. The van der Waals surface area contributed by atoms with Gasteiger partial charge in [-0.1, -0.05) is 6.07 Å². The quantitative estimate of drug-likeness (QED) is 0.469. The molecule has 1 aliphatic heterocycles. The standard InChI is InChI=1S/C24H22N4O3S2/c1-15-17(23(30)27-9-5-20-16(13-27)7-11-32-20)3-2-4-19(15)26-21(29)6-10-28-14-25-22-18(24(28)31)8-12-33-22/h2-4,7-8,11-12,14H,5-6,9-10,13H2,1H3,(H,26,29). The summed E-state index contributed by atoms with van der Waals surface area (Å²) in [5.41, 5.74) is 3.01. The summed E-state index contributed by atoms with van der Waals surface area (Å²) < 4.78 is 1.45. The van der Waals surface area contributed by atoms with Gasteiger partial charge in [0.05, 0.1) is 11.7 Å². The predicted molar refractivity (Wildman–Crippen MR) is 131 cm³/mol. The van der Waals surface area contributed by atoms with Crippen LogP contribution in [-0.2, 0) is 24.3 Å². The third-order valence-corrected chi connectivity index (χ3v) is 7.81. The van der Waals surface area contributed by atoms with Gasteiger partial charge in [0, 0.05) is 42.2 Å². The lowest BCUT2D eigenvalue weighted by Gasteiger charge is -2.28. The minimum atomic E-state index is -0.221. The largest absolute Gasteiger partial charge is 0.334 e. The first kappa shape index (κ1) is 21.5. The van der Waals surface area contributed by atoms with Crippen molar-refractivity contribution in [2.45, 2.75) is 32.9 Å². The second-order valence-corrected chi connectivity index (χ2v) is 9.90. The molecule has 0 atom stereocenters. The summed E-state index contributed by atoms with van der Waals surface area (Å²) in [6, 6.07) is 9.22. The number of carbonyl (C=O) groups excluding carboxylic acids is 2. The molecule has 1 aromatic carbocycles. The molecule has 0 saturated heterocycles. The normalized spacial score (nSPS) is 13.2. The fourth-order valence-corrected chi connectivity index (χ4v) is 5.70. The molecule has 0 saturated carbocycles. The van der Waals surface area contributed by atoms with E-state index < -0.39 is 0 Å². The van der Waals surface area contributed by atoms with Gasteiger partial charge >= 0.3 is 0 Å². The average Bonchev–Trinajstić information content (AvgIpc) is 3.49. The first-order valence-electron chi connectivity index (χ1n) is 10.7. The summed E-state index contributed by atoms with van der Waals surface area (Å²) in [5, 5.41) is 7.37. The van der Waals surface area contributed by atoms with Gasteiger partial charge in [-0.3, -0.25) is 19.0 Å². The van der Waals surface area contributed by atoms with Gasteiger partial charge in [0.15, 0.2) is 0 Å². The molecule has 0 radical (unpaired) electrons. The Morgan fingerprint density at radius 3 is 2.88 bits per heavy atom. The first-order chi connectivity index (χ1) is 16.0. The fourth-order valence-electron chi connectivity index (χ4n) is 4.08. The van der Waals surface area contributed by atoms with Gasteiger partial charge < -0.3 is 10.2 Å². The monoisotopic (exact) mass is 478 g/mol. The van der Waals surface area contributed by atoms with Crippen molar-refractivity contribution in [1.29, 1.82) is 0 Å². The van der Waals surface area contributed by atoms with Gasteiger partial charge in [-0.05, 0) is 59.5 Å². The average molecular weight is 479 g/mol. The number of thiophene rings is 2. The van der Waals surface area contributed by atoms with Crippen molar-refractivity contribution in [2.75, 3.05) is 11.9 Å². The molecule has 2 amide bonds. The summed E-state index contributed by atoms with van der Waals surface area (Å²) in [4.78, 5) is 46.5. The minimum Gasteiger partial charge on any atom is -0.334 e. The number of nitrogens with one attached hydrogen (secondary N) is 1. The Hall–Kier alpha value is -3.30. The van der Waals surface area contributed by atoms with Gasteiger partial charge in [-0.2, -0.15) is 0 Å². The number of rotatable bonds is 5. The minimum absolute atomic E-state index is 0.0258. The highest BCUT2D eigenvalue weighted by atomic mass is 32.1. The smallest absolute Gasteiger partial charge is 0.262 e. The van der Waals surface area contributed by atoms with Crippen LogP contribution in [0.25, 0.3) is 10.2 Å². The van der Waals surface area contributed by atoms with Crippen LogP contribution in [0.4, 0.5) is 5.69 Å². The van der Waals surface area contributed by atoms with E-state index >= 15 is 0 Å². The molecule has 3 aromatic heterocycles. The SMILES string of the molecule is Cc1c(NC(=O)CCn2cnc3sccc3c2=O)cccc1C(=O)N1CCc2sccc2C1. The highest BCUT2D eigenvalue weighted by Gasteiger charge is 2.24. The van der Waals surface area contributed by atoms with Crippen molar-refractivity contribution in [1.82, 2.24) is 14.5 Å². The van der Waals surface area contributed by atoms with Crippen LogP contribution in [0, 0.1) is 6.92 Å². The molecule has 1 N–H and O–H groups in total. The van der Waals surface area contributed by atoms with Crippen LogP contribution in [0.1, 0.15) is 32.8 Å². The van der Waals surface area contributed by atoms with E-state index in [4.69, 9.17) is 0 Å². The molecule has 0 aliphatic carbocycles. The van der Waals surface area contributed by atoms with Crippen LogP contribution in [0.5, 0.6) is 0 Å². The van der Waals surface area contributed by atoms with Crippen LogP contribution in [-0.4, -0.2) is 32.8 Å². The van der Waals surface area contributed by atoms with Crippen LogP contribution in [0.2, 0.25) is 0 Å². The molecule has 0 unspecified atom stereocenters. The number of fused-ring (bicyclic) bond motifs is 2. The highest BCUT2D eigenvalue weighted by Crippen LogP contribution is 2.27. The van der Waals surface area contributed by atoms with E-state index in [1.54, 1.807) is 35.6 Å². The lowest BCUT2D eigenvalue weighted by atomic mass is 10.0. The summed E-state index contributed by atoms with van der Waals surface area (Å²) in [6.45, 7) is 3.39. The van der Waals surface area contributed by atoms with Crippen molar-refractivity contribution < 1.29 is 9.59 Å². The zero-order chi connectivity index (χ0) is 22.9. The lowest BCUT2D eigenvalue weighted by Crippen LogP contribution is -2.35. The Kier molecular flexibility index (Phi) is 5.82. The number of aromatic nitrogens is 2. The third kappa shape index (κ3) is 4.21. The molecular formula is C24H22N4O3S2. The van der Waals surface area contributed by atoms with Crippen LogP contribution >= 0.6 is 22.7 Å². The molecule has 0 bridgehead atoms. The third-order valence-electron chi connectivity index (χ3n) is 5.96. The maximum absolute atomic E-state index is 13.2. The second kappa shape index (κ2) is 8.92. The maximum atomic E-state index is 13.2. The number of hydrogen-bond acceptors (Lipinski definition) is 6. The predicted octanol–water partition coefficient (Wildman–Crippen LogP) is 4.06. The summed E-state index contributed by atoms with van der Waals surface area (Å²) in [7, 11) is 0. The van der Waals surface area contributed by atoms with Crippen molar-refractivity contribution >= 4 is 50.4 Å². The van der Waals surface area contributed by atoms with Crippen LogP contribution in [0.3, 0.4) is 0 Å². The summed E-state index contributed by atoms with van der Waals surface area (Å²) in [5.74, 6) is -0.247. The molecule has 4 heterocycles. The number of hydrogen-bond donors (Lipinski definition) is 1. The Morgan fingerprint density at radius 2 is 2.00 bits per heavy atom. The van der Waals surface area contributed by atoms with Crippen LogP contribution in [0.15, 0.2) is 52.2 Å². The van der Waals surface area contributed by atoms with E-state index in [-0.39, 0.29) is 30.3 Å². The molecule has 0 fully saturated rings. The molecule has 7 nitrogen and oxygen atoms in total. The van der Waals surface area contributed by atoms with E-state index in [1.165, 1.54) is 32.7 Å². The van der Waals surface area contributed by atoms with Crippen LogP contribution < -0.4 is 10.9 Å². The van der Waals surface area contributed by atoms with E-state index in [1.807, 2.05) is 17.2 Å². The number of carbonyl (C=O) groups is 2. The molecule has 1 aliphatic rings. The molecular weight excluding hydrogens is 456 g/mol. The summed E-state index contributed by atoms with van der Waals surface area (Å²) in [6.07, 6.45) is 2.48. The van der Waals surface area contributed by atoms with Crippen molar-refractivity contribution in [3.8, 4) is 0 Å². The Morgan fingerprint density at radius 1 is 1.15 bits per heavy atom. The number of nitrogens with zero attached hydrogens (tertiary/aromatic N) is 3. The molecule has 4 aromatic rings. The lowest BCUT2D eigenvalue weighted by molar-refractivity contribution is -0.116. The van der Waals surface area contributed by atoms with Crippen molar-refractivity contribution in [2.24, 2.45) is 0 Å². The highest BCUT2D eigenvalue weighted by molar-refractivity contribution is 7.16. The second-order valence-electron chi connectivity index (χ2n) is 8.00.